The third kappa shape index (κ3) is 5.52. The molecule has 8 heteroatoms. The lowest BCUT2D eigenvalue weighted by atomic mass is 10.1. The van der Waals surface area contributed by atoms with Crippen molar-refractivity contribution in [2.75, 3.05) is 7.11 Å². The topological polar surface area (TPSA) is 91.4 Å². The molecule has 158 valence electrons. The molecular formula is C22H25ClN4O3. The van der Waals surface area contributed by atoms with Gasteiger partial charge in [0.05, 0.1) is 19.5 Å². The van der Waals surface area contributed by atoms with E-state index in [0.29, 0.717) is 36.1 Å². The van der Waals surface area contributed by atoms with Crippen LogP contribution in [0.25, 0.3) is 0 Å². The maximum absolute atomic E-state index is 11.9. The van der Waals surface area contributed by atoms with Crippen molar-refractivity contribution < 1.29 is 14.3 Å². The summed E-state index contributed by atoms with van der Waals surface area (Å²) in [5.74, 6) is 0.898. The van der Waals surface area contributed by atoms with Crippen molar-refractivity contribution in [1.29, 1.82) is 0 Å². The number of nitrogens with two attached hydrogens (primary N) is 1. The van der Waals surface area contributed by atoms with Gasteiger partial charge in [0.15, 0.2) is 0 Å². The molecule has 2 aromatic carbocycles. The fourth-order valence-corrected chi connectivity index (χ4v) is 3.22. The Morgan fingerprint density at radius 1 is 1.27 bits per heavy atom. The lowest BCUT2D eigenvalue weighted by molar-refractivity contribution is -0.120. The Kier molecular flexibility index (Phi) is 7.32. The van der Waals surface area contributed by atoms with Gasteiger partial charge >= 0.3 is 0 Å². The first-order valence-corrected chi connectivity index (χ1v) is 9.86. The third-order valence-electron chi connectivity index (χ3n) is 4.82. The van der Waals surface area contributed by atoms with Crippen LogP contribution in [0.15, 0.2) is 55.0 Å². The number of hydrogen-bond acceptors (Lipinski definition) is 5. The molecule has 0 fully saturated rings. The van der Waals surface area contributed by atoms with Gasteiger partial charge in [0.2, 0.25) is 5.91 Å². The number of primary amides is 1. The molecule has 0 bridgehead atoms. The summed E-state index contributed by atoms with van der Waals surface area (Å²) in [6.07, 6.45) is 3.87. The normalized spacial score (nSPS) is 11.8. The molecule has 1 atom stereocenters. The van der Waals surface area contributed by atoms with Crippen LogP contribution in [0.3, 0.4) is 0 Å². The summed E-state index contributed by atoms with van der Waals surface area (Å²) < 4.78 is 13.2. The second-order valence-corrected chi connectivity index (χ2v) is 7.30. The highest BCUT2D eigenvalue weighted by Crippen LogP contribution is 2.26. The second kappa shape index (κ2) is 10.1. The van der Waals surface area contributed by atoms with Crippen molar-refractivity contribution in [3.05, 3.63) is 76.8 Å². The van der Waals surface area contributed by atoms with Gasteiger partial charge in [-0.3, -0.25) is 4.79 Å². The van der Waals surface area contributed by atoms with E-state index in [-0.39, 0.29) is 0 Å². The molecule has 0 aliphatic rings. The van der Waals surface area contributed by atoms with Gasteiger partial charge in [0, 0.05) is 54.1 Å². The number of nitrogens with zero attached hydrogens (tertiary/aromatic N) is 2. The lowest BCUT2D eigenvalue weighted by Crippen LogP contribution is -2.42. The maximum atomic E-state index is 11.9. The van der Waals surface area contributed by atoms with Gasteiger partial charge in [0.1, 0.15) is 18.1 Å². The Hall–Kier alpha value is -3.03. The fourth-order valence-electron chi connectivity index (χ4n) is 3.03. The van der Waals surface area contributed by atoms with E-state index in [1.807, 2.05) is 54.1 Å². The molecule has 0 spiro atoms. The second-order valence-electron chi connectivity index (χ2n) is 6.89. The van der Waals surface area contributed by atoms with Gasteiger partial charge in [-0.05, 0) is 12.1 Å². The quantitative estimate of drug-likeness (QED) is 0.518. The number of aryl methyl sites for hydroxylation is 1. The van der Waals surface area contributed by atoms with Gasteiger partial charge in [0.25, 0.3) is 0 Å². The van der Waals surface area contributed by atoms with Gasteiger partial charge in [-0.15, -0.1) is 0 Å². The van der Waals surface area contributed by atoms with Crippen molar-refractivity contribution in [3.63, 3.8) is 0 Å². The molecule has 1 amide bonds. The van der Waals surface area contributed by atoms with Crippen LogP contribution in [0, 0.1) is 0 Å². The predicted molar refractivity (Wildman–Crippen MR) is 116 cm³/mol. The number of imidazole rings is 1. The van der Waals surface area contributed by atoms with Crippen LogP contribution in [0.1, 0.15) is 16.8 Å². The number of hydrogen-bond donors (Lipinski definition) is 2. The zero-order valence-electron chi connectivity index (χ0n) is 17.0. The zero-order valence-corrected chi connectivity index (χ0v) is 17.7. The largest absolute Gasteiger partial charge is 0.496 e. The maximum Gasteiger partial charge on any atom is 0.234 e. The van der Waals surface area contributed by atoms with E-state index in [0.717, 1.165) is 16.8 Å². The minimum Gasteiger partial charge on any atom is -0.496 e. The van der Waals surface area contributed by atoms with Crippen LogP contribution in [-0.2, 0) is 31.4 Å². The Labute approximate surface area is 180 Å². The lowest BCUT2D eigenvalue weighted by Gasteiger charge is -2.17. The Balaban J connectivity index is 1.64. The molecule has 7 nitrogen and oxygen atoms in total. The molecule has 0 saturated carbocycles. The molecule has 1 unspecified atom stereocenters. The van der Waals surface area contributed by atoms with Gasteiger partial charge in [-0.25, -0.2) is 4.98 Å². The van der Waals surface area contributed by atoms with E-state index in [2.05, 4.69) is 10.3 Å². The molecule has 30 heavy (non-hydrogen) atoms. The highest BCUT2D eigenvalue weighted by Gasteiger charge is 2.18. The van der Waals surface area contributed by atoms with Crippen LogP contribution in [0.4, 0.5) is 0 Å². The minimum absolute atomic E-state index is 0.356. The molecule has 3 N–H and O–H groups in total. The Morgan fingerprint density at radius 3 is 2.73 bits per heavy atom. The van der Waals surface area contributed by atoms with Crippen LogP contribution in [-0.4, -0.2) is 28.6 Å². The highest BCUT2D eigenvalue weighted by molar-refractivity contribution is 6.31. The van der Waals surface area contributed by atoms with Crippen LogP contribution in [0.5, 0.6) is 11.5 Å². The molecule has 0 aliphatic carbocycles. The van der Waals surface area contributed by atoms with Crippen molar-refractivity contribution in [1.82, 2.24) is 14.9 Å². The fraction of sp³-hybridized carbons (Fsp3) is 0.273. The van der Waals surface area contributed by atoms with E-state index in [9.17, 15) is 4.79 Å². The number of carbonyl (C=O) groups is 1. The summed E-state index contributed by atoms with van der Waals surface area (Å²) in [5.41, 5.74) is 8.29. The SMILES string of the molecule is COc1cc(OCc2ccccc2Cl)ccc1CNC(Cc1cncn1C)C(N)=O. The molecule has 3 rings (SSSR count). The van der Waals surface area contributed by atoms with E-state index >= 15 is 0 Å². The number of benzene rings is 2. The van der Waals surface area contributed by atoms with E-state index in [1.165, 1.54) is 0 Å². The first-order chi connectivity index (χ1) is 14.5. The predicted octanol–water partition coefficient (Wildman–Crippen LogP) is 2.85. The third-order valence-corrected chi connectivity index (χ3v) is 5.19. The number of aromatic nitrogens is 2. The number of methoxy groups -OCH3 is 1. The summed E-state index contributed by atoms with van der Waals surface area (Å²) in [6, 6.07) is 12.6. The van der Waals surface area contributed by atoms with Crippen LogP contribution < -0.4 is 20.5 Å². The Morgan fingerprint density at radius 2 is 2.07 bits per heavy atom. The van der Waals surface area contributed by atoms with E-state index < -0.39 is 11.9 Å². The number of halogens is 1. The smallest absolute Gasteiger partial charge is 0.234 e. The minimum atomic E-state index is -0.527. The Bertz CT molecular complexity index is 1010. The molecule has 3 aromatic rings. The summed E-state index contributed by atoms with van der Waals surface area (Å²) in [5, 5.41) is 3.87. The number of rotatable bonds is 10. The summed E-state index contributed by atoms with van der Waals surface area (Å²) in [4.78, 5) is 16.0. The van der Waals surface area contributed by atoms with Crippen molar-refractivity contribution >= 4 is 17.5 Å². The first-order valence-electron chi connectivity index (χ1n) is 9.49. The molecule has 0 aliphatic heterocycles. The van der Waals surface area contributed by atoms with Crippen molar-refractivity contribution in [3.8, 4) is 11.5 Å². The van der Waals surface area contributed by atoms with Crippen molar-refractivity contribution in [2.45, 2.75) is 25.6 Å². The van der Waals surface area contributed by atoms with E-state index in [4.69, 9.17) is 26.8 Å². The number of nitrogens with one attached hydrogen (secondary N) is 1. The highest BCUT2D eigenvalue weighted by atomic mass is 35.5. The summed E-state index contributed by atoms with van der Waals surface area (Å²) >= 11 is 6.17. The van der Waals surface area contributed by atoms with Crippen LogP contribution in [0.2, 0.25) is 5.02 Å². The number of ether oxygens (including phenoxy) is 2. The molecule has 0 radical (unpaired) electrons. The van der Waals surface area contributed by atoms with Crippen LogP contribution >= 0.6 is 11.6 Å². The average molecular weight is 429 g/mol. The van der Waals surface area contributed by atoms with Gasteiger partial charge in [-0.1, -0.05) is 35.9 Å². The average Bonchev–Trinajstić information content (AvgIpc) is 3.15. The molecule has 1 heterocycles. The number of carbonyl (C=O) groups excluding carboxylic acids is 1. The molecule has 0 saturated heterocycles. The molecular weight excluding hydrogens is 404 g/mol. The first kappa shape index (κ1) is 21.7. The monoisotopic (exact) mass is 428 g/mol. The number of amides is 1. The summed E-state index contributed by atoms with van der Waals surface area (Å²) in [6.45, 7) is 0.772. The zero-order chi connectivity index (χ0) is 21.5. The van der Waals surface area contributed by atoms with Gasteiger partial charge < -0.3 is 25.1 Å². The summed E-state index contributed by atoms with van der Waals surface area (Å²) in [7, 11) is 3.47. The standard InChI is InChI=1S/C22H25ClN4O3/c1-27-14-25-12-17(27)9-20(22(24)28)26-11-15-7-8-18(10-21(15)29-2)30-13-16-5-3-4-6-19(16)23/h3-8,10,12,14,20,26H,9,11,13H2,1-2H3,(H2,24,28). The van der Waals surface area contributed by atoms with Crippen molar-refractivity contribution in [2.24, 2.45) is 12.8 Å². The molecule has 1 aromatic heterocycles. The van der Waals surface area contributed by atoms with Gasteiger partial charge in [-0.2, -0.15) is 0 Å². The van der Waals surface area contributed by atoms with E-state index in [1.54, 1.807) is 19.6 Å².